The molecule has 0 spiro atoms. The number of carboxylic acid groups (broad SMARTS) is 1. The molecule has 0 saturated carbocycles. The summed E-state index contributed by atoms with van der Waals surface area (Å²) >= 11 is 1.06. The number of rotatable bonds is 6. The Morgan fingerprint density at radius 3 is 2.63 bits per heavy atom. The lowest BCUT2D eigenvalue weighted by Crippen LogP contribution is -2.26. The van der Waals surface area contributed by atoms with Crippen LogP contribution in [0.1, 0.15) is 17.5 Å². The highest BCUT2D eigenvalue weighted by atomic mass is 32.2. The normalized spacial score (nSPS) is 18.2. The molecular formula is C19H17N3O4S. The number of thioether (sulfide) groups is 1. The Hall–Kier alpha value is -2.97. The van der Waals surface area contributed by atoms with E-state index in [1.165, 1.54) is 0 Å². The predicted molar refractivity (Wildman–Crippen MR) is 105 cm³/mol. The van der Waals surface area contributed by atoms with Crippen LogP contribution in [0.3, 0.4) is 0 Å². The quantitative estimate of drug-likeness (QED) is 0.523. The average Bonchev–Trinajstić information content (AvgIpc) is 3.01. The molecule has 1 heterocycles. The van der Waals surface area contributed by atoms with Crippen molar-refractivity contribution < 1.29 is 19.8 Å². The molecule has 1 atom stereocenters. The van der Waals surface area contributed by atoms with Crippen molar-refractivity contribution in [1.82, 2.24) is 5.32 Å². The third-order valence-corrected chi connectivity index (χ3v) is 4.97. The van der Waals surface area contributed by atoms with Gasteiger partial charge in [0.05, 0.1) is 19.2 Å². The summed E-state index contributed by atoms with van der Waals surface area (Å²) in [6.07, 6.45) is 1.29. The average molecular weight is 383 g/mol. The van der Waals surface area contributed by atoms with E-state index in [1.54, 1.807) is 6.21 Å². The number of carboxylic acids is 1. The van der Waals surface area contributed by atoms with E-state index in [0.29, 0.717) is 0 Å². The van der Waals surface area contributed by atoms with Crippen molar-refractivity contribution in [3.8, 4) is 11.1 Å². The number of hydrogen-bond acceptors (Lipinski definition) is 6. The molecule has 138 valence electrons. The van der Waals surface area contributed by atoms with Crippen molar-refractivity contribution in [2.75, 3.05) is 0 Å². The van der Waals surface area contributed by atoms with E-state index in [0.717, 1.165) is 34.0 Å². The van der Waals surface area contributed by atoms with E-state index in [2.05, 4.69) is 15.5 Å². The topological polar surface area (TPSA) is 111 Å². The second-order valence-corrected chi connectivity index (χ2v) is 6.97. The first-order valence-electron chi connectivity index (χ1n) is 8.16. The molecule has 0 bridgehead atoms. The van der Waals surface area contributed by atoms with E-state index in [-0.39, 0.29) is 24.1 Å². The lowest BCUT2D eigenvalue weighted by atomic mass is 9.99. The summed E-state index contributed by atoms with van der Waals surface area (Å²) < 4.78 is 0. The minimum Gasteiger partial charge on any atom is -0.481 e. The number of benzene rings is 2. The van der Waals surface area contributed by atoms with Gasteiger partial charge in [-0.1, -0.05) is 60.3 Å². The van der Waals surface area contributed by atoms with Gasteiger partial charge in [-0.25, -0.2) is 0 Å². The maximum Gasteiger partial charge on any atom is 0.305 e. The zero-order valence-electron chi connectivity index (χ0n) is 14.2. The smallest absolute Gasteiger partial charge is 0.305 e. The second kappa shape index (κ2) is 8.61. The van der Waals surface area contributed by atoms with Crippen LogP contribution in [0.2, 0.25) is 0 Å². The van der Waals surface area contributed by atoms with Gasteiger partial charge in [0.2, 0.25) is 5.91 Å². The summed E-state index contributed by atoms with van der Waals surface area (Å²) in [6, 6.07) is 15.2. The van der Waals surface area contributed by atoms with Gasteiger partial charge in [0, 0.05) is 0 Å². The fraction of sp³-hybridized carbons (Fsp3) is 0.158. The Balaban J connectivity index is 1.67. The Bertz CT molecular complexity index is 909. The summed E-state index contributed by atoms with van der Waals surface area (Å²) in [6.45, 7) is -0.0247. The highest BCUT2D eigenvalue weighted by Crippen LogP contribution is 2.24. The SMILES string of the molecule is O=C(O)CC1SC(=NN=Cc2ccc(-c3ccccc3CO)cc2)NC1=O. The molecule has 1 unspecified atom stereocenters. The maximum atomic E-state index is 11.6. The molecule has 1 aliphatic rings. The fourth-order valence-corrected chi connectivity index (χ4v) is 3.50. The van der Waals surface area contributed by atoms with E-state index in [9.17, 15) is 14.7 Å². The number of nitrogens with one attached hydrogen (secondary N) is 1. The van der Waals surface area contributed by atoms with Crippen molar-refractivity contribution in [3.05, 3.63) is 59.7 Å². The maximum absolute atomic E-state index is 11.6. The third kappa shape index (κ3) is 4.81. The molecule has 1 aliphatic heterocycles. The van der Waals surface area contributed by atoms with Crippen LogP contribution in [0.5, 0.6) is 0 Å². The zero-order chi connectivity index (χ0) is 19.2. The molecule has 2 aromatic carbocycles. The first-order chi connectivity index (χ1) is 13.1. The third-order valence-electron chi connectivity index (χ3n) is 3.90. The monoisotopic (exact) mass is 383 g/mol. The standard InChI is InChI=1S/C19H17N3O4S/c23-11-14-3-1-2-4-15(14)13-7-5-12(6-8-13)10-20-22-19-21-18(26)16(27-19)9-17(24)25/h1-8,10,16,23H,9,11H2,(H,24,25)(H,21,22,26). The van der Waals surface area contributed by atoms with Crippen LogP contribution >= 0.6 is 11.8 Å². The van der Waals surface area contributed by atoms with Crippen LogP contribution in [0.25, 0.3) is 11.1 Å². The van der Waals surface area contributed by atoms with Crippen molar-refractivity contribution in [2.24, 2.45) is 10.2 Å². The van der Waals surface area contributed by atoms with Crippen molar-refractivity contribution >= 4 is 35.0 Å². The number of aliphatic hydroxyl groups is 1. The summed E-state index contributed by atoms with van der Waals surface area (Å²) in [4.78, 5) is 22.3. The van der Waals surface area contributed by atoms with Gasteiger partial charge >= 0.3 is 5.97 Å². The number of aliphatic hydroxyl groups excluding tert-OH is 1. The van der Waals surface area contributed by atoms with E-state index in [4.69, 9.17) is 5.11 Å². The lowest BCUT2D eigenvalue weighted by molar-refractivity contribution is -0.138. The summed E-state index contributed by atoms with van der Waals surface area (Å²) in [5.41, 5.74) is 3.63. The number of hydrogen-bond donors (Lipinski definition) is 3. The molecule has 1 fully saturated rings. The van der Waals surface area contributed by atoms with Crippen LogP contribution in [-0.2, 0) is 16.2 Å². The van der Waals surface area contributed by atoms with Gasteiger partial charge < -0.3 is 15.5 Å². The predicted octanol–water partition coefficient (Wildman–Crippen LogP) is 2.24. The van der Waals surface area contributed by atoms with Gasteiger partial charge in [-0.2, -0.15) is 5.10 Å². The van der Waals surface area contributed by atoms with Gasteiger partial charge in [-0.05, 0) is 22.3 Å². The molecular weight excluding hydrogens is 366 g/mol. The number of amidine groups is 1. The number of carbonyl (C=O) groups is 2. The number of aliphatic carboxylic acids is 1. The van der Waals surface area contributed by atoms with Crippen LogP contribution < -0.4 is 5.32 Å². The summed E-state index contributed by atoms with van der Waals surface area (Å²) in [5, 5.41) is 28.2. The Morgan fingerprint density at radius 1 is 1.19 bits per heavy atom. The van der Waals surface area contributed by atoms with Crippen LogP contribution in [0.4, 0.5) is 0 Å². The number of carbonyl (C=O) groups excluding carboxylic acids is 1. The molecule has 0 aromatic heterocycles. The first kappa shape index (κ1) is 18.8. The summed E-state index contributed by atoms with van der Waals surface area (Å²) in [5.74, 6) is -1.40. The van der Waals surface area contributed by atoms with E-state index >= 15 is 0 Å². The molecule has 1 saturated heterocycles. The van der Waals surface area contributed by atoms with Gasteiger partial charge in [0.25, 0.3) is 0 Å². The van der Waals surface area contributed by atoms with Crippen molar-refractivity contribution in [2.45, 2.75) is 18.3 Å². The van der Waals surface area contributed by atoms with Gasteiger partial charge in [0.15, 0.2) is 5.17 Å². The van der Waals surface area contributed by atoms with Crippen LogP contribution in [0.15, 0.2) is 58.7 Å². The molecule has 1 amide bonds. The second-order valence-electron chi connectivity index (χ2n) is 5.78. The highest BCUT2D eigenvalue weighted by molar-refractivity contribution is 8.15. The minimum absolute atomic E-state index is 0.0247. The molecule has 0 aliphatic carbocycles. The van der Waals surface area contributed by atoms with Crippen LogP contribution in [0, 0.1) is 0 Å². The van der Waals surface area contributed by atoms with E-state index < -0.39 is 11.2 Å². The largest absolute Gasteiger partial charge is 0.481 e. The molecule has 7 nitrogen and oxygen atoms in total. The number of amides is 1. The van der Waals surface area contributed by atoms with Gasteiger partial charge in [-0.15, -0.1) is 5.10 Å². The molecule has 2 aromatic rings. The summed E-state index contributed by atoms with van der Waals surface area (Å²) in [7, 11) is 0. The van der Waals surface area contributed by atoms with E-state index in [1.807, 2.05) is 48.5 Å². The zero-order valence-corrected chi connectivity index (χ0v) is 15.0. The molecule has 3 rings (SSSR count). The highest BCUT2D eigenvalue weighted by Gasteiger charge is 2.32. The van der Waals surface area contributed by atoms with Crippen LogP contribution in [-0.4, -0.2) is 38.7 Å². The van der Waals surface area contributed by atoms with Crippen molar-refractivity contribution in [3.63, 3.8) is 0 Å². The Kier molecular flexibility index (Phi) is 6.00. The number of nitrogens with zero attached hydrogens (tertiary/aromatic N) is 2. The Labute approximate surface area is 159 Å². The van der Waals surface area contributed by atoms with Gasteiger partial charge in [-0.3, -0.25) is 9.59 Å². The van der Waals surface area contributed by atoms with Crippen molar-refractivity contribution in [1.29, 1.82) is 0 Å². The molecule has 3 N–H and O–H groups in total. The Morgan fingerprint density at radius 2 is 1.93 bits per heavy atom. The van der Waals surface area contributed by atoms with Gasteiger partial charge in [0.1, 0.15) is 5.25 Å². The molecule has 27 heavy (non-hydrogen) atoms. The molecule has 0 radical (unpaired) electrons. The fourth-order valence-electron chi connectivity index (χ4n) is 2.58. The minimum atomic E-state index is -1.03. The molecule has 8 heteroatoms. The first-order valence-corrected chi connectivity index (χ1v) is 9.04. The lowest BCUT2D eigenvalue weighted by Gasteiger charge is -2.07.